The molecule has 0 aliphatic carbocycles. The van der Waals surface area contributed by atoms with Crippen LogP contribution in [0.25, 0.3) is 0 Å². The number of carbonyl (C=O) groups is 2. The molecule has 9 heteroatoms. The Labute approximate surface area is 151 Å². The second kappa shape index (κ2) is 10.5. The lowest BCUT2D eigenvalue weighted by atomic mass is 10.2. The number of para-hydroxylation sites is 2. The number of hydrogen-bond donors (Lipinski definition) is 3. The van der Waals surface area contributed by atoms with Crippen LogP contribution in [0, 0.1) is 0 Å². The predicted octanol–water partition coefficient (Wildman–Crippen LogP) is 2.82. The van der Waals surface area contributed by atoms with Crippen molar-refractivity contribution in [1.29, 1.82) is 0 Å². The quantitative estimate of drug-likeness (QED) is 0.521. The van der Waals surface area contributed by atoms with Crippen LogP contribution in [0.3, 0.4) is 0 Å². The Morgan fingerprint density at radius 1 is 1.00 bits per heavy atom. The predicted molar refractivity (Wildman–Crippen MR) is 100 cm³/mol. The van der Waals surface area contributed by atoms with E-state index in [4.69, 9.17) is 33.9 Å². The van der Waals surface area contributed by atoms with Gasteiger partial charge in [-0.25, -0.2) is 4.79 Å². The Balaban J connectivity index is 2.67. The Morgan fingerprint density at radius 3 is 2.17 bits per heavy atom. The molecular weight excluding hydrogens is 350 g/mol. The summed E-state index contributed by atoms with van der Waals surface area (Å²) in [6, 6.07) is 7.08. The van der Waals surface area contributed by atoms with Gasteiger partial charge in [0.1, 0.15) is 0 Å². The molecule has 0 radical (unpaired) electrons. The Bertz CT molecular complexity index is 569. The minimum absolute atomic E-state index is 0.0248. The summed E-state index contributed by atoms with van der Waals surface area (Å²) in [6.07, 6.45) is -0.665. The number of rotatable bonds is 6. The smallest absolute Gasteiger partial charge is 0.413 e. The van der Waals surface area contributed by atoms with Gasteiger partial charge in [0, 0.05) is 0 Å². The van der Waals surface area contributed by atoms with Gasteiger partial charge in [-0.1, -0.05) is 24.4 Å². The first-order valence-electron chi connectivity index (χ1n) is 7.25. The van der Waals surface area contributed by atoms with Crippen LogP contribution >= 0.6 is 24.4 Å². The molecule has 3 N–H and O–H groups in total. The molecule has 7 nitrogen and oxygen atoms in total. The Morgan fingerprint density at radius 2 is 1.58 bits per heavy atom. The van der Waals surface area contributed by atoms with Gasteiger partial charge in [0.15, 0.2) is 5.11 Å². The molecule has 0 saturated carbocycles. The SMILES string of the molecule is CCOC(=O)CC(=S)Nc1ccccc1NC(=S)NC(=O)OCC. The van der Waals surface area contributed by atoms with Crippen LogP contribution in [0.5, 0.6) is 0 Å². The van der Waals surface area contributed by atoms with E-state index in [0.717, 1.165) is 0 Å². The fourth-order valence-corrected chi connectivity index (χ4v) is 2.07. The van der Waals surface area contributed by atoms with Crippen molar-refractivity contribution < 1.29 is 19.1 Å². The van der Waals surface area contributed by atoms with Crippen molar-refractivity contribution in [3.63, 3.8) is 0 Å². The molecule has 0 atom stereocenters. The summed E-state index contributed by atoms with van der Waals surface area (Å²) in [6.45, 7) is 3.97. The molecule has 0 spiro atoms. The first kappa shape index (κ1) is 19.8. The molecule has 0 unspecified atom stereocenters. The van der Waals surface area contributed by atoms with Gasteiger partial charge >= 0.3 is 12.1 Å². The van der Waals surface area contributed by atoms with Crippen LogP contribution in [0.15, 0.2) is 24.3 Å². The van der Waals surface area contributed by atoms with E-state index >= 15 is 0 Å². The molecule has 0 bridgehead atoms. The largest absolute Gasteiger partial charge is 0.466 e. The van der Waals surface area contributed by atoms with E-state index in [9.17, 15) is 9.59 Å². The van der Waals surface area contributed by atoms with Crippen LogP contribution in [-0.4, -0.2) is 35.4 Å². The standard InChI is InChI=1S/C15H19N3O4S2/c1-3-21-13(19)9-12(23)16-10-7-5-6-8-11(10)17-14(24)18-15(20)22-4-2/h5-8H,3-4,9H2,1-2H3,(H,16,23)(H2,17,18,20,24). The maximum Gasteiger partial charge on any atom is 0.413 e. The Kier molecular flexibility index (Phi) is 8.66. The van der Waals surface area contributed by atoms with Crippen LogP contribution < -0.4 is 16.0 Å². The molecule has 0 heterocycles. The van der Waals surface area contributed by atoms with E-state index < -0.39 is 12.1 Å². The number of amides is 1. The van der Waals surface area contributed by atoms with Crippen LogP contribution in [-0.2, 0) is 14.3 Å². The number of alkyl carbamates (subject to hydrolysis) is 1. The highest BCUT2D eigenvalue weighted by Crippen LogP contribution is 2.21. The second-order valence-corrected chi connectivity index (χ2v) is 5.28. The molecule has 1 aromatic carbocycles. The fraction of sp³-hybridized carbons (Fsp3) is 0.333. The molecule has 0 aliphatic heterocycles. The van der Waals surface area contributed by atoms with E-state index in [1.54, 1.807) is 38.1 Å². The lowest BCUT2D eigenvalue weighted by Crippen LogP contribution is -2.34. The van der Waals surface area contributed by atoms with E-state index in [1.807, 2.05) is 0 Å². The molecule has 0 saturated heterocycles. The average molecular weight is 369 g/mol. The zero-order valence-electron chi connectivity index (χ0n) is 13.4. The molecule has 0 aromatic heterocycles. The number of thiocarbonyl (C=S) groups is 2. The van der Waals surface area contributed by atoms with Crippen molar-refractivity contribution >= 4 is 58.0 Å². The molecule has 0 aliphatic rings. The van der Waals surface area contributed by atoms with E-state index in [0.29, 0.717) is 23.0 Å². The van der Waals surface area contributed by atoms with Crippen molar-refractivity contribution in [1.82, 2.24) is 5.32 Å². The summed E-state index contributed by atoms with van der Waals surface area (Å²) in [5.41, 5.74) is 1.20. The highest BCUT2D eigenvalue weighted by molar-refractivity contribution is 7.80. The third kappa shape index (κ3) is 7.34. The monoisotopic (exact) mass is 369 g/mol. The van der Waals surface area contributed by atoms with Gasteiger partial charge < -0.3 is 20.1 Å². The highest BCUT2D eigenvalue weighted by atomic mass is 32.1. The first-order valence-corrected chi connectivity index (χ1v) is 8.07. The minimum Gasteiger partial charge on any atom is -0.466 e. The molecule has 1 amide bonds. The minimum atomic E-state index is -0.640. The number of ether oxygens (including phenoxy) is 2. The van der Waals surface area contributed by atoms with Crippen molar-refractivity contribution in [2.24, 2.45) is 0 Å². The third-order valence-corrected chi connectivity index (χ3v) is 3.00. The van der Waals surface area contributed by atoms with Gasteiger partial charge in [-0.15, -0.1) is 0 Å². The van der Waals surface area contributed by atoms with Crippen molar-refractivity contribution in [3.8, 4) is 0 Å². The maximum absolute atomic E-state index is 11.4. The number of carbonyl (C=O) groups excluding carboxylic acids is 2. The lowest BCUT2D eigenvalue weighted by molar-refractivity contribution is -0.141. The van der Waals surface area contributed by atoms with E-state index in [1.165, 1.54) is 0 Å². The normalized spacial score (nSPS) is 9.58. The summed E-state index contributed by atoms with van der Waals surface area (Å²) in [5, 5.41) is 8.28. The zero-order chi connectivity index (χ0) is 17.9. The average Bonchev–Trinajstić information content (AvgIpc) is 2.49. The fourth-order valence-electron chi connectivity index (χ4n) is 1.65. The summed E-state index contributed by atoms with van der Waals surface area (Å²) in [4.78, 5) is 23.1. The summed E-state index contributed by atoms with van der Waals surface area (Å²) in [7, 11) is 0. The van der Waals surface area contributed by atoms with E-state index in [2.05, 4.69) is 16.0 Å². The zero-order valence-corrected chi connectivity index (χ0v) is 15.0. The van der Waals surface area contributed by atoms with Gasteiger partial charge in [0.25, 0.3) is 0 Å². The van der Waals surface area contributed by atoms with Gasteiger partial charge in [0.05, 0.1) is 36.0 Å². The van der Waals surface area contributed by atoms with Gasteiger partial charge in [-0.3, -0.25) is 10.1 Å². The summed E-state index contributed by atoms with van der Waals surface area (Å²) in [5.74, 6) is -0.403. The molecule has 24 heavy (non-hydrogen) atoms. The third-order valence-electron chi connectivity index (χ3n) is 2.55. The topological polar surface area (TPSA) is 88.7 Å². The van der Waals surface area contributed by atoms with Crippen molar-refractivity contribution in [3.05, 3.63) is 24.3 Å². The van der Waals surface area contributed by atoms with Crippen LogP contribution in [0.4, 0.5) is 16.2 Å². The van der Waals surface area contributed by atoms with Gasteiger partial charge in [0.2, 0.25) is 0 Å². The molecule has 1 aromatic rings. The number of esters is 1. The highest BCUT2D eigenvalue weighted by Gasteiger charge is 2.11. The number of anilines is 2. The lowest BCUT2D eigenvalue weighted by Gasteiger charge is -2.15. The van der Waals surface area contributed by atoms with E-state index in [-0.39, 0.29) is 18.1 Å². The molecule has 0 fully saturated rings. The molecular formula is C15H19N3O4S2. The van der Waals surface area contributed by atoms with Gasteiger partial charge in [-0.05, 0) is 38.2 Å². The van der Waals surface area contributed by atoms with Gasteiger partial charge in [-0.2, -0.15) is 0 Å². The summed E-state index contributed by atoms with van der Waals surface area (Å²) >= 11 is 10.2. The molecule has 1 rings (SSSR count). The van der Waals surface area contributed by atoms with Crippen LogP contribution in [0.1, 0.15) is 20.3 Å². The number of hydrogen-bond acceptors (Lipinski definition) is 6. The maximum atomic E-state index is 11.4. The van der Waals surface area contributed by atoms with Crippen molar-refractivity contribution in [2.45, 2.75) is 20.3 Å². The van der Waals surface area contributed by atoms with Crippen LogP contribution in [0.2, 0.25) is 0 Å². The summed E-state index contributed by atoms with van der Waals surface area (Å²) < 4.78 is 9.59. The second-order valence-electron chi connectivity index (χ2n) is 4.38. The molecule has 130 valence electrons. The number of benzene rings is 1. The van der Waals surface area contributed by atoms with Crippen molar-refractivity contribution in [2.75, 3.05) is 23.8 Å². The first-order chi connectivity index (χ1) is 11.5. The number of nitrogens with one attached hydrogen (secondary N) is 3. The Hall–Kier alpha value is -2.26.